The van der Waals surface area contributed by atoms with Gasteiger partial charge in [-0.2, -0.15) is 0 Å². The summed E-state index contributed by atoms with van der Waals surface area (Å²) in [6.45, 7) is 0. The molecular weight excluding hydrogens is 224 g/mol. The molecule has 0 aliphatic rings. The van der Waals surface area contributed by atoms with E-state index in [4.69, 9.17) is 9.15 Å². The molecule has 0 unspecified atom stereocenters. The highest BCUT2D eigenvalue weighted by Crippen LogP contribution is 2.33. The van der Waals surface area contributed by atoms with Crippen LogP contribution in [0.1, 0.15) is 0 Å². The number of furan rings is 1. The quantitative estimate of drug-likeness (QED) is 0.655. The van der Waals surface area contributed by atoms with E-state index in [0.717, 1.165) is 22.8 Å². The summed E-state index contributed by atoms with van der Waals surface area (Å²) in [6, 6.07) is 21.4. The van der Waals surface area contributed by atoms with Crippen molar-refractivity contribution in [3.63, 3.8) is 0 Å². The van der Waals surface area contributed by atoms with Crippen molar-refractivity contribution in [3.05, 3.63) is 73.0 Å². The van der Waals surface area contributed by atoms with E-state index in [1.165, 1.54) is 0 Å². The molecular formula is C16H12O2. The van der Waals surface area contributed by atoms with Gasteiger partial charge in [-0.05, 0) is 36.4 Å². The molecule has 0 fully saturated rings. The Morgan fingerprint density at radius 2 is 1.50 bits per heavy atom. The van der Waals surface area contributed by atoms with Crippen molar-refractivity contribution in [1.82, 2.24) is 0 Å². The summed E-state index contributed by atoms with van der Waals surface area (Å²) in [6.07, 6.45) is 1.66. The van der Waals surface area contributed by atoms with E-state index in [0.29, 0.717) is 0 Å². The smallest absolute Gasteiger partial charge is 0.138 e. The van der Waals surface area contributed by atoms with Gasteiger partial charge in [-0.25, -0.2) is 0 Å². The molecule has 0 amide bonds. The molecule has 2 heteroatoms. The normalized spacial score (nSPS) is 10.2. The molecule has 0 saturated heterocycles. The van der Waals surface area contributed by atoms with Crippen LogP contribution in [0.5, 0.6) is 11.5 Å². The van der Waals surface area contributed by atoms with Crippen molar-refractivity contribution in [2.24, 2.45) is 0 Å². The number of rotatable bonds is 3. The SMILES string of the molecule is c1ccc(Oc2ccccc2-c2ccco2)cc1. The lowest BCUT2D eigenvalue weighted by Gasteiger charge is -2.09. The van der Waals surface area contributed by atoms with Crippen molar-refractivity contribution < 1.29 is 9.15 Å². The fraction of sp³-hybridized carbons (Fsp3) is 0. The second-order valence-electron chi connectivity index (χ2n) is 3.89. The van der Waals surface area contributed by atoms with Gasteiger partial charge in [0.25, 0.3) is 0 Å². The monoisotopic (exact) mass is 236 g/mol. The molecule has 18 heavy (non-hydrogen) atoms. The van der Waals surface area contributed by atoms with Crippen molar-refractivity contribution in [1.29, 1.82) is 0 Å². The van der Waals surface area contributed by atoms with Crippen LogP contribution in [0.2, 0.25) is 0 Å². The van der Waals surface area contributed by atoms with Gasteiger partial charge < -0.3 is 9.15 Å². The summed E-state index contributed by atoms with van der Waals surface area (Å²) in [5.41, 5.74) is 0.950. The molecule has 3 aromatic rings. The molecule has 0 atom stereocenters. The molecule has 0 bridgehead atoms. The van der Waals surface area contributed by atoms with Gasteiger partial charge in [0, 0.05) is 0 Å². The molecule has 0 radical (unpaired) electrons. The second kappa shape index (κ2) is 4.80. The standard InChI is InChI=1S/C16H12O2/c1-2-7-13(8-3-1)18-16-10-5-4-9-14(16)15-11-6-12-17-15/h1-12H. The molecule has 0 aliphatic carbocycles. The van der Waals surface area contributed by atoms with E-state index in [-0.39, 0.29) is 0 Å². The summed E-state index contributed by atoms with van der Waals surface area (Å²) in [5, 5.41) is 0. The molecule has 88 valence electrons. The zero-order chi connectivity index (χ0) is 12.2. The first-order valence-electron chi connectivity index (χ1n) is 5.79. The van der Waals surface area contributed by atoms with Crippen molar-refractivity contribution in [3.8, 4) is 22.8 Å². The van der Waals surface area contributed by atoms with Gasteiger partial charge in [0.1, 0.15) is 17.3 Å². The van der Waals surface area contributed by atoms with Crippen LogP contribution >= 0.6 is 0 Å². The largest absolute Gasteiger partial charge is 0.464 e. The number of hydrogen-bond donors (Lipinski definition) is 0. The summed E-state index contributed by atoms with van der Waals surface area (Å²) < 4.78 is 11.3. The summed E-state index contributed by atoms with van der Waals surface area (Å²) in [4.78, 5) is 0. The van der Waals surface area contributed by atoms with Gasteiger partial charge in [0.2, 0.25) is 0 Å². The highest BCUT2D eigenvalue weighted by atomic mass is 16.5. The van der Waals surface area contributed by atoms with Crippen LogP contribution in [0.25, 0.3) is 11.3 Å². The fourth-order valence-electron chi connectivity index (χ4n) is 1.81. The summed E-state index contributed by atoms with van der Waals surface area (Å²) >= 11 is 0. The van der Waals surface area contributed by atoms with Gasteiger partial charge in [0.15, 0.2) is 0 Å². The summed E-state index contributed by atoms with van der Waals surface area (Å²) in [7, 11) is 0. The maximum Gasteiger partial charge on any atom is 0.138 e. The fourth-order valence-corrected chi connectivity index (χ4v) is 1.81. The first-order chi connectivity index (χ1) is 8.93. The molecule has 3 rings (SSSR count). The van der Waals surface area contributed by atoms with Crippen LogP contribution in [-0.2, 0) is 0 Å². The lowest BCUT2D eigenvalue weighted by atomic mass is 10.1. The van der Waals surface area contributed by atoms with Gasteiger partial charge in [-0.1, -0.05) is 30.3 Å². The molecule has 2 aromatic carbocycles. The lowest BCUT2D eigenvalue weighted by molar-refractivity contribution is 0.481. The van der Waals surface area contributed by atoms with Gasteiger partial charge >= 0.3 is 0 Å². The van der Waals surface area contributed by atoms with E-state index in [1.807, 2.05) is 66.7 Å². The average Bonchev–Trinajstić information content (AvgIpc) is 2.94. The Morgan fingerprint density at radius 1 is 0.722 bits per heavy atom. The van der Waals surface area contributed by atoms with E-state index >= 15 is 0 Å². The van der Waals surface area contributed by atoms with E-state index in [9.17, 15) is 0 Å². The number of hydrogen-bond acceptors (Lipinski definition) is 2. The molecule has 0 aliphatic heterocycles. The van der Waals surface area contributed by atoms with Crippen molar-refractivity contribution in [2.45, 2.75) is 0 Å². The average molecular weight is 236 g/mol. The minimum atomic E-state index is 0.790. The van der Waals surface area contributed by atoms with Gasteiger partial charge in [-0.3, -0.25) is 0 Å². The molecule has 0 spiro atoms. The van der Waals surface area contributed by atoms with Crippen molar-refractivity contribution in [2.75, 3.05) is 0 Å². The highest BCUT2D eigenvalue weighted by Gasteiger charge is 2.08. The second-order valence-corrected chi connectivity index (χ2v) is 3.89. The van der Waals surface area contributed by atoms with Crippen LogP contribution in [-0.4, -0.2) is 0 Å². The third-order valence-electron chi connectivity index (χ3n) is 2.64. The molecule has 0 N–H and O–H groups in total. The maximum atomic E-state index is 5.87. The Hall–Kier alpha value is -2.48. The van der Waals surface area contributed by atoms with Crippen LogP contribution in [0.3, 0.4) is 0 Å². The van der Waals surface area contributed by atoms with Gasteiger partial charge in [-0.15, -0.1) is 0 Å². The number of benzene rings is 2. The van der Waals surface area contributed by atoms with E-state index in [1.54, 1.807) is 6.26 Å². The van der Waals surface area contributed by atoms with Crippen LogP contribution in [0.15, 0.2) is 77.4 Å². The Kier molecular flexibility index (Phi) is 2.84. The molecule has 2 nitrogen and oxygen atoms in total. The Bertz CT molecular complexity index is 613. The lowest BCUT2D eigenvalue weighted by Crippen LogP contribution is -1.86. The minimum Gasteiger partial charge on any atom is -0.464 e. The highest BCUT2D eigenvalue weighted by molar-refractivity contribution is 5.66. The van der Waals surface area contributed by atoms with Crippen LogP contribution < -0.4 is 4.74 Å². The first kappa shape index (κ1) is 10.7. The van der Waals surface area contributed by atoms with Crippen molar-refractivity contribution >= 4 is 0 Å². The van der Waals surface area contributed by atoms with Crippen LogP contribution in [0.4, 0.5) is 0 Å². The predicted octanol–water partition coefficient (Wildman–Crippen LogP) is 4.74. The first-order valence-corrected chi connectivity index (χ1v) is 5.79. The molecule has 1 heterocycles. The minimum absolute atomic E-state index is 0.790. The summed E-state index contributed by atoms with van der Waals surface area (Å²) in [5.74, 6) is 2.41. The third kappa shape index (κ3) is 2.13. The van der Waals surface area contributed by atoms with E-state index < -0.39 is 0 Å². The number of ether oxygens (including phenoxy) is 1. The third-order valence-corrected chi connectivity index (χ3v) is 2.64. The topological polar surface area (TPSA) is 22.4 Å². The zero-order valence-corrected chi connectivity index (χ0v) is 9.74. The Morgan fingerprint density at radius 3 is 2.28 bits per heavy atom. The Balaban J connectivity index is 1.98. The molecule has 0 saturated carbocycles. The zero-order valence-electron chi connectivity index (χ0n) is 9.74. The molecule has 1 aromatic heterocycles. The predicted molar refractivity (Wildman–Crippen MR) is 70.7 cm³/mol. The van der Waals surface area contributed by atoms with E-state index in [2.05, 4.69) is 0 Å². The van der Waals surface area contributed by atoms with Gasteiger partial charge in [0.05, 0.1) is 11.8 Å². The van der Waals surface area contributed by atoms with Crippen LogP contribution in [0, 0.1) is 0 Å². The Labute approximate surface area is 105 Å². The maximum absolute atomic E-state index is 5.87. The number of para-hydroxylation sites is 2.